The van der Waals surface area contributed by atoms with E-state index in [9.17, 15) is 13.2 Å². The van der Waals surface area contributed by atoms with Gasteiger partial charge in [0, 0.05) is 29.8 Å². The SMILES string of the molecule is CC(C)(C)C1CCC2(CC1)CCN2C(=O)CC1C=CS(=O)(=O)C1. The van der Waals surface area contributed by atoms with Crippen molar-refractivity contribution in [3.63, 3.8) is 0 Å². The van der Waals surface area contributed by atoms with Gasteiger partial charge in [-0.05, 0) is 43.4 Å². The lowest BCUT2D eigenvalue weighted by atomic mass is 9.63. The van der Waals surface area contributed by atoms with Crippen LogP contribution in [0.25, 0.3) is 0 Å². The number of rotatable bonds is 2. The van der Waals surface area contributed by atoms with Crippen molar-refractivity contribution >= 4 is 15.7 Å². The summed E-state index contributed by atoms with van der Waals surface area (Å²) in [5, 5.41) is 1.27. The van der Waals surface area contributed by atoms with E-state index in [-0.39, 0.29) is 23.1 Å². The van der Waals surface area contributed by atoms with Crippen LogP contribution in [-0.4, -0.2) is 37.1 Å². The first-order valence-corrected chi connectivity index (χ1v) is 10.5. The number of amides is 1. The number of nitrogens with zero attached hydrogens (tertiary/aromatic N) is 1. The van der Waals surface area contributed by atoms with Crippen LogP contribution in [0.3, 0.4) is 0 Å². The first-order valence-electron chi connectivity index (χ1n) is 8.83. The van der Waals surface area contributed by atoms with Gasteiger partial charge < -0.3 is 4.90 Å². The number of likely N-dealkylation sites (tertiary alicyclic amines) is 1. The van der Waals surface area contributed by atoms with Crippen molar-refractivity contribution < 1.29 is 13.2 Å². The molecule has 1 atom stereocenters. The zero-order valence-electron chi connectivity index (χ0n) is 14.5. The number of hydrogen-bond acceptors (Lipinski definition) is 3. The number of carbonyl (C=O) groups is 1. The van der Waals surface area contributed by atoms with E-state index in [4.69, 9.17) is 0 Å². The number of allylic oxidation sites excluding steroid dienone is 1. The van der Waals surface area contributed by atoms with Gasteiger partial charge in [0.15, 0.2) is 9.84 Å². The van der Waals surface area contributed by atoms with Crippen molar-refractivity contribution in [1.82, 2.24) is 4.90 Å². The first kappa shape index (κ1) is 17.0. The molecule has 0 radical (unpaired) electrons. The Morgan fingerprint density at radius 1 is 1.22 bits per heavy atom. The molecule has 2 heterocycles. The summed E-state index contributed by atoms with van der Waals surface area (Å²) in [5.41, 5.74) is 0.434. The van der Waals surface area contributed by atoms with Crippen LogP contribution in [0.5, 0.6) is 0 Å². The second kappa shape index (κ2) is 5.61. The number of carbonyl (C=O) groups excluding carboxylic acids is 1. The van der Waals surface area contributed by atoms with Crippen LogP contribution in [0.2, 0.25) is 0 Å². The van der Waals surface area contributed by atoms with Crippen LogP contribution in [0.4, 0.5) is 0 Å². The summed E-state index contributed by atoms with van der Waals surface area (Å²) in [6.07, 6.45) is 7.78. The predicted octanol–water partition coefficient (Wildman–Crippen LogP) is 3.14. The molecule has 4 nitrogen and oxygen atoms in total. The van der Waals surface area contributed by atoms with Gasteiger partial charge in [0.1, 0.15) is 0 Å². The molecule has 1 saturated heterocycles. The molecule has 0 aromatic heterocycles. The second-order valence-corrected chi connectivity index (χ2v) is 10.7. The van der Waals surface area contributed by atoms with Gasteiger partial charge in [-0.2, -0.15) is 0 Å². The molecule has 1 unspecified atom stereocenters. The van der Waals surface area contributed by atoms with Crippen molar-refractivity contribution in [1.29, 1.82) is 0 Å². The highest BCUT2D eigenvalue weighted by Crippen LogP contribution is 2.49. The van der Waals surface area contributed by atoms with Gasteiger partial charge >= 0.3 is 0 Å². The van der Waals surface area contributed by atoms with Crippen molar-refractivity contribution in [2.24, 2.45) is 17.3 Å². The Kier molecular flexibility index (Phi) is 4.14. The lowest BCUT2D eigenvalue weighted by molar-refractivity contribution is -0.153. The van der Waals surface area contributed by atoms with E-state index in [2.05, 4.69) is 25.7 Å². The fourth-order valence-electron chi connectivity index (χ4n) is 4.57. The Labute approximate surface area is 140 Å². The molecule has 23 heavy (non-hydrogen) atoms. The topological polar surface area (TPSA) is 54.5 Å². The standard InChI is InChI=1S/C18H29NO3S/c1-17(2,3)15-4-7-18(8-5-15)9-10-19(18)16(20)12-14-6-11-23(21,22)13-14/h6,11,14-15H,4-5,7-10,12-13H2,1-3H3. The summed E-state index contributed by atoms with van der Waals surface area (Å²) in [7, 11) is -3.06. The monoisotopic (exact) mass is 339 g/mol. The van der Waals surface area contributed by atoms with E-state index in [0.29, 0.717) is 11.8 Å². The molecule has 0 aromatic carbocycles. The summed E-state index contributed by atoms with van der Waals surface area (Å²) in [6.45, 7) is 7.78. The Hall–Kier alpha value is -0.840. The number of sulfone groups is 1. The third-order valence-corrected chi connectivity index (χ3v) is 7.72. The van der Waals surface area contributed by atoms with Crippen molar-refractivity contribution in [3.8, 4) is 0 Å². The van der Waals surface area contributed by atoms with E-state index in [1.54, 1.807) is 6.08 Å². The van der Waals surface area contributed by atoms with E-state index < -0.39 is 9.84 Å². The molecule has 3 rings (SSSR count). The van der Waals surface area contributed by atoms with Gasteiger partial charge in [-0.15, -0.1) is 0 Å². The van der Waals surface area contributed by atoms with Crippen molar-refractivity contribution in [2.75, 3.05) is 12.3 Å². The van der Waals surface area contributed by atoms with Gasteiger partial charge in [-0.25, -0.2) is 8.42 Å². The zero-order valence-corrected chi connectivity index (χ0v) is 15.4. The van der Waals surface area contributed by atoms with E-state index in [1.165, 1.54) is 18.2 Å². The summed E-state index contributed by atoms with van der Waals surface area (Å²) < 4.78 is 23.0. The molecular weight excluding hydrogens is 310 g/mol. The summed E-state index contributed by atoms with van der Waals surface area (Å²) in [4.78, 5) is 14.7. The molecule has 2 fully saturated rings. The maximum atomic E-state index is 12.6. The third-order valence-electron chi connectivity index (χ3n) is 6.26. The highest BCUT2D eigenvalue weighted by atomic mass is 32.2. The van der Waals surface area contributed by atoms with Crippen molar-refractivity contribution in [2.45, 2.75) is 64.8 Å². The van der Waals surface area contributed by atoms with Crippen LogP contribution in [0.15, 0.2) is 11.5 Å². The van der Waals surface area contributed by atoms with Crippen LogP contribution >= 0.6 is 0 Å². The maximum absolute atomic E-state index is 12.6. The molecule has 0 aromatic rings. The Bertz CT molecular complexity index is 607. The highest BCUT2D eigenvalue weighted by molar-refractivity contribution is 7.94. The minimum Gasteiger partial charge on any atom is -0.337 e. The van der Waals surface area contributed by atoms with Gasteiger partial charge in [-0.3, -0.25) is 4.79 Å². The third kappa shape index (κ3) is 3.35. The lowest BCUT2D eigenvalue weighted by Crippen LogP contribution is -2.63. The average molecular weight is 340 g/mol. The quantitative estimate of drug-likeness (QED) is 0.776. The maximum Gasteiger partial charge on any atom is 0.223 e. The lowest BCUT2D eigenvalue weighted by Gasteiger charge is -2.57. The normalized spacial score (nSPS) is 36.2. The zero-order chi connectivity index (χ0) is 16.9. The van der Waals surface area contributed by atoms with Gasteiger partial charge in [0.05, 0.1) is 5.75 Å². The molecular formula is C18H29NO3S. The van der Waals surface area contributed by atoms with E-state index in [0.717, 1.165) is 31.7 Å². The largest absolute Gasteiger partial charge is 0.337 e. The van der Waals surface area contributed by atoms with Gasteiger partial charge in [0.2, 0.25) is 5.91 Å². The molecule has 2 aliphatic heterocycles. The van der Waals surface area contributed by atoms with Crippen LogP contribution < -0.4 is 0 Å². The Balaban J connectivity index is 1.58. The second-order valence-electron chi connectivity index (χ2n) is 8.78. The molecule has 1 saturated carbocycles. The van der Waals surface area contributed by atoms with Crippen LogP contribution in [0, 0.1) is 17.3 Å². The Morgan fingerprint density at radius 2 is 1.87 bits per heavy atom. The fourth-order valence-corrected chi connectivity index (χ4v) is 5.97. The molecule has 130 valence electrons. The molecule has 1 amide bonds. The molecule has 5 heteroatoms. The molecule has 0 N–H and O–H groups in total. The summed E-state index contributed by atoms with van der Waals surface area (Å²) in [6, 6.07) is 0. The van der Waals surface area contributed by atoms with Gasteiger partial charge in [-0.1, -0.05) is 26.8 Å². The minimum absolute atomic E-state index is 0.0834. The fraction of sp³-hybridized carbons (Fsp3) is 0.833. The molecule has 1 spiro atoms. The highest BCUT2D eigenvalue weighted by Gasteiger charge is 2.50. The Morgan fingerprint density at radius 3 is 2.30 bits per heavy atom. The summed E-state index contributed by atoms with van der Waals surface area (Å²) >= 11 is 0. The average Bonchev–Trinajstić information content (AvgIpc) is 2.75. The van der Waals surface area contributed by atoms with Crippen LogP contribution in [0.1, 0.15) is 59.3 Å². The van der Waals surface area contributed by atoms with E-state index in [1.807, 2.05) is 0 Å². The molecule has 1 aliphatic carbocycles. The predicted molar refractivity (Wildman–Crippen MR) is 91.5 cm³/mol. The van der Waals surface area contributed by atoms with E-state index >= 15 is 0 Å². The molecule has 0 bridgehead atoms. The number of hydrogen-bond donors (Lipinski definition) is 0. The van der Waals surface area contributed by atoms with Crippen LogP contribution in [-0.2, 0) is 14.6 Å². The molecule has 3 aliphatic rings. The minimum atomic E-state index is -3.06. The van der Waals surface area contributed by atoms with Gasteiger partial charge in [0.25, 0.3) is 0 Å². The smallest absolute Gasteiger partial charge is 0.223 e. The first-order chi connectivity index (χ1) is 10.6. The van der Waals surface area contributed by atoms with Crippen molar-refractivity contribution in [3.05, 3.63) is 11.5 Å². The summed E-state index contributed by atoms with van der Waals surface area (Å²) in [5.74, 6) is 0.868.